The minimum atomic E-state index is -0.723. The number of anilines is 2. The molecule has 29 heavy (non-hydrogen) atoms. The summed E-state index contributed by atoms with van der Waals surface area (Å²) in [6, 6.07) is 3.68. The molecule has 0 saturated carbocycles. The molecule has 4 rings (SSSR count). The van der Waals surface area contributed by atoms with Crippen molar-refractivity contribution in [3.05, 3.63) is 42.2 Å². The van der Waals surface area contributed by atoms with Crippen LogP contribution in [-0.4, -0.2) is 44.7 Å². The summed E-state index contributed by atoms with van der Waals surface area (Å²) in [5, 5.41) is 6.66. The van der Waals surface area contributed by atoms with Gasteiger partial charge < -0.3 is 20.4 Å². The van der Waals surface area contributed by atoms with Crippen molar-refractivity contribution in [2.24, 2.45) is 5.73 Å². The van der Waals surface area contributed by atoms with Crippen molar-refractivity contribution < 1.29 is 14.0 Å². The molecule has 3 aromatic heterocycles. The summed E-state index contributed by atoms with van der Waals surface area (Å²) in [6.07, 6.45) is 6.82. The molecule has 0 unspecified atom stereocenters. The summed E-state index contributed by atoms with van der Waals surface area (Å²) in [6.45, 7) is 4.34. The fourth-order valence-electron chi connectivity index (χ4n) is 3.22. The van der Waals surface area contributed by atoms with E-state index in [2.05, 4.69) is 25.3 Å². The molecule has 0 radical (unpaired) electrons. The average Bonchev–Trinajstić information content (AvgIpc) is 3.47. The van der Waals surface area contributed by atoms with E-state index in [1.165, 1.54) is 10.9 Å². The second-order valence-electron chi connectivity index (χ2n) is 6.70. The van der Waals surface area contributed by atoms with Crippen LogP contribution in [0.15, 0.2) is 35.2 Å². The summed E-state index contributed by atoms with van der Waals surface area (Å²) >= 11 is 0. The first kappa shape index (κ1) is 18.7. The number of carbonyl (C=O) groups excluding carboxylic acids is 2. The Morgan fingerprint density at radius 1 is 1.31 bits per heavy atom. The van der Waals surface area contributed by atoms with Crippen LogP contribution in [0.3, 0.4) is 0 Å². The smallest absolute Gasteiger partial charge is 0.277 e. The SMILES string of the molecule is CCn1cc(NC(=O)c2coc(-c3ccnc(N4CCCC4)c3)n2)c(C(N)=O)n1. The summed E-state index contributed by atoms with van der Waals surface area (Å²) in [4.78, 5) is 35.0. The highest BCUT2D eigenvalue weighted by Crippen LogP contribution is 2.25. The van der Waals surface area contributed by atoms with Gasteiger partial charge in [0.15, 0.2) is 11.4 Å². The second kappa shape index (κ2) is 7.74. The second-order valence-corrected chi connectivity index (χ2v) is 6.70. The number of pyridine rings is 1. The quantitative estimate of drug-likeness (QED) is 0.651. The lowest BCUT2D eigenvalue weighted by molar-refractivity contribution is 0.0995. The van der Waals surface area contributed by atoms with Crippen LogP contribution in [0.25, 0.3) is 11.5 Å². The number of primary amides is 1. The normalized spacial score (nSPS) is 13.6. The highest BCUT2D eigenvalue weighted by molar-refractivity contribution is 6.07. The maximum Gasteiger partial charge on any atom is 0.277 e. The zero-order valence-electron chi connectivity index (χ0n) is 16.0. The van der Waals surface area contributed by atoms with Crippen LogP contribution in [-0.2, 0) is 6.54 Å². The number of carbonyl (C=O) groups is 2. The number of rotatable bonds is 6. The molecule has 10 nitrogen and oxygen atoms in total. The number of nitrogens with one attached hydrogen (secondary N) is 1. The number of hydrogen-bond acceptors (Lipinski definition) is 7. The lowest BCUT2D eigenvalue weighted by Gasteiger charge is -2.16. The molecule has 4 heterocycles. The molecule has 1 aliphatic heterocycles. The van der Waals surface area contributed by atoms with E-state index in [1.54, 1.807) is 18.5 Å². The Bertz CT molecular complexity index is 1050. The first-order chi connectivity index (χ1) is 14.0. The number of nitrogens with zero attached hydrogens (tertiary/aromatic N) is 5. The highest BCUT2D eigenvalue weighted by atomic mass is 16.3. The maximum absolute atomic E-state index is 12.6. The van der Waals surface area contributed by atoms with Crippen LogP contribution < -0.4 is 16.0 Å². The van der Waals surface area contributed by atoms with Crippen molar-refractivity contribution in [3.63, 3.8) is 0 Å². The van der Waals surface area contributed by atoms with E-state index in [9.17, 15) is 9.59 Å². The topological polar surface area (TPSA) is 132 Å². The Morgan fingerprint density at radius 2 is 2.10 bits per heavy atom. The molecule has 0 atom stereocenters. The van der Waals surface area contributed by atoms with Crippen molar-refractivity contribution in [2.45, 2.75) is 26.3 Å². The van der Waals surface area contributed by atoms with Gasteiger partial charge in [-0.3, -0.25) is 14.3 Å². The van der Waals surface area contributed by atoms with Crippen LogP contribution in [0.2, 0.25) is 0 Å². The molecule has 150 valence electrons. The van der Waals surface area contributed by atoms with Gasteiger partial charge >= 0.3 is 0 Å². The number of hydrogen-bond donors (Lipinski definition) is 2. The van der Waals surface area contributed by atoms with Gasteiger partial charge in [-0.2, -0.15) is 5.10 Å². The van der Waals surface area contributed by atoms with Gasteiger partial charge in [-0.25, -0.2) is 9.97 Å². The first-order valence-corrected chi connectivity index (χ1v) is 9.40. The van der Waals surface area contributed by atoms with E-state index < -0.39 is 11.8 Å². The summed E-state index contributed by atoms with van der Waals surface area (Å²) in [7, 11) is 0. The number of nitrogens with two attached hydrogens (primary N) is 1. The average molecular weight is 395 g/mol. The minimum absolute atomic E-state index is 0.00620. The molecule has 0 spiro atoms. The molecule has 2 amide bonds. The molecule has 1 aliphatic rings. The van der Waals surface area contributed by atoms with E-state index in [-0.39, 0.29) is 17.1 Å². The van der Waals surface area contributed by atoms with E-state index >= 15 is 0 Å². The summed E-state index contributed by atoms with van der Waals surface area (Å²) in [5.41, 5.74) is 6.37. The molecule has 3 N–H and O–H groups in total. The van der Waals surface area contributed by atoms with Crippen molar-refractivity contribution >= 4 is 23.3 Å². The third-order valence-corrected chi connectivity index (χ3v) is 4.73. The van der Waals surface area contributed by atoms with Crippen LogP contribution in [0.4, 0.5) is 11.5 Å². The fourth-order valence-corrected chi connectivity index (χ4v) is 3.22. The number of amides is 2. The lowest BCUT2D eigenvalue weighted by atomic mass is 10.2. The van der Waals surface area contributed by atoms with Gasteiger partial charge in [-0.1, -0.05) is 0 Å². The molecule has 0 aromatic carbocycles. The van der Waals surface area contributed by atoms with Crippen molar-refractivity contribution in [1.29, 1.82) is 0 Å². The lowest BCUT2D eigenvalue weighted by Crippen LogP contribution is -2.18. The Balaban J connectivity index is 1.53. The largest absolute Gasteiger partial charge is 0.444 e. The standard InChI is InChI=1S/C19H21N7O3/c1-2-26-10-13(16(24-26)17(20)27)22-18(28)14-11-29-19(23-14)12-5-6-21-15(9-12)25-7-3-4-8-25/h5-6,9-11H,2-4,7-8H2,1H3,(H2,20,27)(H,22,28). The van der Waals surface area contributed by atoms with Gasteiger partial charge in [0.25, 0.3) is 11.8 Å². The summed E-state index contributed by atoms with van der Waals surface area (Å²) in [5.74, 6) is -0.0637. The maximum atomic E-state index is 12.6. The number of aromatic nitrogens is 4. The van der Waals surface area contributed by atoms with Gasteiger partial charge in [-0.05, 0) is 31.9 Å². The van der Waals surface area contributed by atoms with Crippen LogP contribution >= 0.6 is 0 Å². The molecule has 0 aliphatic carbocycles. The predicted molar refractivity (Wildman–Crippen MR) is 106 cm³/mol. The molecular formula is C19H21N7O3. The zero-order valence-corrected chi connectivity index (χ0v) is 16.0. The van der Waals surface area contributed by atoms with Crippen molar-refractivity contribution in [1.82, 2.24) is 19.7 Å². The van der Waals surface area contributed by atoms with Crippen molar-refractivity contribution in [3.8, 4) is 11.5 Å². The molecule has 1 saturated heterocycles. The molecule has 0 bridgehead atoms. The van der Waals surface area contributed by atoms with Gasteiger partial charge in [-0.15, -0.1) is 0 Å². The zero-order chi connectivity index (χ0) is 20.4. The Hall–Kier alpha value is -3.69. The van der Waals surface area contributed by atoms with Crippen LogP contribution in [0.1, 0.15) is 40.7 Å². The van der Waals surface area contributed by atoms with Gasteiger partial charge in [0.2, 0.25) is 5.89 Å². The minimum Gasteiger partial charge on any atom is -0.444 e. The predicted octanol–water partition coefficient (Wildman–Crippen LogP) is 1.90. The van der Waals surface area contributed by atoms with E-state index in [0.29, 0.717) is 12.4 Å². The highest BCUT2D eigenvalue weighted by Gasteiger charge is 2.20. The van der Waals surface area contributed by atoms with Gasteiger partial charge in [0.1, 0.15) is 12.1 Å². The van der Waals surface area contributed by atoms with E-state index in [4.69, 9.17) is 10.2 Å². The Labute approximate surface area is 166 Å². The third kappa shape index (κ3) is 3.82. The number of oxazole rings is 1. The van der Waals surface area contributed by atoms with Crippen LogP contribution in [0.5, 0.6) is 0 Å². The fraction of sp³-hybridized carbons (Fsp3) is 0.316. The number of aryl methyl sites for hydroxylation is 1. The van der Waals surface area contributed by atoms with Gasteiger partial charge in [0.05, 0.1) is 5.69 Å². The van der Waals surface area contributed by atoms with Gasteiger partial charge in [0, 0.05) is 37.6 Å². The molecule has 3 aromatic rings. The first-order valence-electron chi connectivity index (χ1n) is 9.40. The molecule has 10 heteroatoms. The Morgan fingerprint density at radius 3 is 2.83 bits per heavy atom. The molecule has 1 fully saturated rings. The van der Waals surface area contributed by atoms with E-state index in [0.717, 1.165) is 37.3 Å². The van der Waals surface area contributed by atoms with E-state index in [1.807, 2.05) is 13.0 Å². The third-order valence-electron chi connectivity index (χ3n) is 4.73. The molecular weight excluding hydrogens is 374 g/mol. The summed E-state index contributed by atoms with van der Waals surface area (Å²) < 4.78 is 7.02. The monoisotopic (exact) mass is 395 g/mol. The van der Waals surface area contributed by atoms with Crippen LogP contribution in [0, 0.1) is 0 Å². The Kier molecular flexibility index (Phi) is 4.98. The van der Waals surface area contributed by atoms with Crippen molar-refractivity contribution in [2.75, 3.05) is 23.3 Å².